The first kappa shape index (κ1) is 30.4. The van der Waals surface area contributed by atoms with Gasteiger partial charge in [0.2, 0.25) is 15.0 Å². The highest BCUT2D eigenvalue weighted by atomic mass is 32.2. The van der Waals surface area contributed by atoms with Crippen LogP contribution < -0.4 is 9.62 Å². The first-order valence-corrected chi connectivity index (χ1v) is 13.2. The van der Waals surface area contributed by atoms with Crippen LogP contribution in [0.15, 0.2) is 22.4 Å². The molecule has 0 amide bonds. The van der Waals surface area contributed by atoms with Crippen LogP contribution >= 0.6 is 11.3 Å². The number of hydrogen-bond donors (Lipinski definition) is 1. The number of carbonyl (C=O) groups excluding carboxylic acids is 1. The number of aryl methyl sites for hydroxylation is 1. The lowest BCUT2D eigenvalue weighted by atomic mass is 9.95. The van der Waals surface area contributed by atoms with E-state index in [0.29, 0.717) is 30.6 Å². The summed E-state index contributed by atoms with van der Waals surface area (Å²) in [7, 11) is -4.94. The van der Waals surface area contributed by atoms with Gasteiger partial charge in [-0.25, -0.2) is 13.2 Å². The topological polar surface area (TPSA) is 126 Å². The number of rotatable bonds is 8. The molecule has 20 heteroatoms. The van der Waals surface area contributed by atoms with Crippen molar-refractivity contribution in [2.45, 2.75) is 51.2 Å². The average Bonchev–Trinajstić information content (AvgIpc) is 3.24. The van der Waals surface area contributed by atoms with Crippen LogP contribution in [-0.4, -0.2) is 61.4 Å². The van der Waals surface area contributed by atoms with Gasteiger partial charge in [0, 0.05) is 18.3 Å². The molecule has 0 saturated heterocycles. The molecule has 39 heavy (non-hydrogen) atoms. The number of aromatic nitrogens is 2. The Morgan fingerprint density at radius 3 is 2.41 bits per heavy atom. The number of anilines is 2. The van der Waals surface area contributed by atoms with Crippen molar-refractivity contribution in [2.24, 2.45) is 10.2 Å². The molecular weight excluding hydrogens is 592 g/mol. The summed E-state index contributed by atoms with van der Waals surface area (Å²) < 4.78 is 130. The number of nitrogens with one attached hydrogen (secondary N) is 1. The summed E-state index contributed by atoms with van der Waals surface area (Å²) >= 11 is 0.118. The lowest BCUT2D eigenvalue weighted by molar-refractivity contribution is -0.370. The van der Waals surface area contributed by atoms with Gasteiger partial charge in [-0.1, -0.05) is 11.3 Å². The van der Waals surface area contributed by atoms with Gasteiger partial charge in [-0.2, -0.15) is 35.1 Å². The minimum Gasteiger partial charge on any atom is -0.388 e. The van der Waals surface area contributed by atoms with Crippen molar-refractivity contribution < 1.29 is 53.1 Å². The van der Waals surface area contributed by atoms with E-state index in [4.69, 9.17) is 0 Å². The molecular formula is C19H18F8N6O4S2. The number of ether oxygens (including phenoxy) is 1. The van der Waals surface area contributed by atoms with Gasteiger partial charge in [-0.3, -0.25) is 4.72 Å². The first-order valence-electron chi connectivity index (χ1n) is 10.8. The van der Waals surface area contributed by atoms with Gasteiger partial charge in [-0.05, 0) is 44.4 Å². The molecule has 2 heterocycles. The van der Waals surface area contributed by atoms with E-state index in [1.165, 1.54) is 12.1 Å². The van der Waals surface area contributed by atoms with Crippen molar-refractivity contribution in [3.05, 3.63) is 22.7 Å². The molecule has 1 aliphatic heterocycles. The fourth-order valence-corrected chi connectivity index (χ4v) is 5.11. The molecule has 1 unspecified atom stereocenters. The smallest absolute Gasteiger partial charge is 0.388 e. The third-order valence-corrected chi connectivity index (χ3v) is 7.24. The van der Waals surface area contributed by atoms with Gasteiger partial charge in [0.05, 0.1) is 5.69 Å². The van der Waals surface area contributed by atoms with E-state index in [9.17, 15) is 48.3 Å². The van der Waals surface area contributed by atoms with Crippen molar-refractivity contribution in [3.63, 3.8) is 0 Å². The number of nitrogens with zero attached hydrogens (tertiary/aromatic N) is 5. The van der Waals surface area contributed by atoms with Crippen LogP contribution in [-0.2, 0) is 21.2 Å². The highest BCUT2D eigenvalue weighted by Gasteiger charge is 2.62. The Morgan fingerprint density at radius 1 is 1.15 bits per heavy atom. The van der Waals surface area contributed by atoms with E-state index in [1.807, 2.05) is 23.5 Å². The molecule has 1 aromatic heterocycles. The second-order valence-electron chi connectivity index (χ2n) is 8.14. The quantitative estimate of drug-likeness (QED) is 0.230. The van der Waals surface area contributed by atoms with E-state index in [-0.39, 0.29) is 28.8 Å². The van der Waals surface area contributed by atoms with Gasteiger partial charge in [-0.15, -0.1) is 20.4 Å². The molecule has 1 atom stereocenters. The number of carbonyl (C=O) groups is 1. The molecule has 3 rings (SSSR count). The van der Waals surface area contributed by atoms with Gasteiger partial charge < -0.3 is 9.64 Å². The molecule has 216 valence electrons. The Labute approximate surface area is 219 Å². The Balaban J connectivity index is 1.95. The van der Waals surface area contributed by atoms with Crippen molar-refractivity contribution in [1.82, 2.24) is 10.2 Å². The predicted octanol–water partition coefficient (Wildman–Crippen LogP) is 5.73. The van der Waals surface area contributed by atoms with Gasteiger partial charge in [0.1, 0.15) is 5.69 Å². The van der Waals surface area contributed by atoms with Gasteiger partial charge in [0.25, 0.3) is 5.13 Å². The zero-order chi connectivity index (χ0) is 29.4. The SMILES string of the molecule is CCN1c2cc(NS(=O)(=O)CC(F)(F)F)c(N=Nc3nnc(C(=O)OC(F)(F)C(F)(F)F)s3)cc2CCC1C. The zero-order valence-corrected chi connectivity index (χ0v) is 21.4. The van der Waals surface area contributed by atoms with Gasteiger partial charge in [0.15, 0.2) is 5.75 Å². The van der Waals surface area contributed by atoms with E-state index in [2.05, 4.69) is 25.2 Å². The number of benzene rings is 1. The van der Waals surface area contributed by atoms with Crippen molar-refractivity contribution in [3.8, 4) is 0 Å². The van der Waals surface area contributed by atoms with E-state index >= 15 is 0 Å². The predicted molar refractivity (Wildman–Crippen MR) is 121 cm³/mol. The molecule has 0 aliphatic carbocycles. The maximum atomic E-state index is 13.0. The fraction of sp³-hybridized carbons (Fsp3) is 0.526. The Hall–Kier alpha value is -3.16. The molecule has 2 aromatic rings. The van der Waals surface area contributed by atoms with Crippen molar-refractivity contribution in [2.75, 3.05) is 21.9 Å². The van der Waals surface area contributed by atoms with Gasteiger partial charge >= 0.3 is 24.4 Å². The van der Waals surface area contributed by atoms with Crippen LogP contribution in [0.3, 0.4) is 0 Å². The van der Waals surface area contributed by atoms with Crippen LogP contribution in [0.2, 0.25) is 0 Å². The van der Waals surface area contributed by atoms with Crippen LogP contribution in [0.5, 0.6) is 0 Å². The Morgan fingerprint density at radius 2 is 1.82 bits per heavy atom. The second kappa shape index (κ2) is 10.8. The van der Waals surface area contributed by atoms with Crippen LogP contribution in [0.4, 0.5) is 57.3 Å². The van der Waals surface area contributed by atoms with Crippen molar-refractivity contribution in [1.29, 1.82) is 0 Å². The van der Waals surface area contributed by atoms with Crippen LogP contribution in [0, 0.1) is 0 Å². The van der Waals surface area contributed by atoms with Crippen LogP contribution in [0.25, 0.3) is 0 Å². The number of esters is 1. The number of alkyl halides is 8. The summed E-state index contributed by atoms with van der Waals surface area (Å²) in [6.45, 7) is 4.24. The number of halogens is 8. The van der Waals surface area contributed by atoms with E-state index in [1.54, 1.807) is 0 Å². The van der Waals surface area contributed by atoms with Crippen LogP contribution in [0.1, 0.15) is 35.6 Å². The maximum Gasteiger partial charge on any atom is 0.501 e. The monoisotopic (exact) mass is 610 g/mol. The normalized spacial score (nSPS) is 16.9. The molecule has 10 nitrogen and oxygen atoms in total. The molecule has 1 aliphatic rings. The summed E-state index contributed by atoms with van der Waals surface area (Å²) in [5, 5.41) is 12.2. The zero-order valence-electron chi connectivity index (χ0n) is 19.8. The Kier molecular flexibility index (Phi) is 8.40. The lowest BCUT2D eigenvalue weighted by Gasteiger charge is -2.36. The second-order valence-corrected chi connectivity index (χ2v) is 10.8. The highest BCUT2D eigenvalue weighted by Crippen LogP contribution is 2.40. The molecule has 1 N–H and O–H groups in total. The lowest BCUT2D eigenvalue weighted by Crippen LogP contribution is -2.40. The summed E-state index contributed by atoms with van der Waals surface area (Å²) in [6, 6.07) is 2.71. The fourth-order valence-electron chi connectivity index (χ4n) is 3.56. The number of fused-ring (bicyclic) bond motifs is 1. The molecule has 0 saturated carbocycles. The standard InChI is InChI=1S/C19H18F8N6O4S2/c1-3-33-9(2)4-5-10-6-11(12(7-13(10)33)32-39(35,36)8-17(20,21)22)28-30-16-31-29-14(38-16)15(34)37-19(26,27)18(23,24)25/h6-7,9,32H,3-5,8H2,1-2H3. The molecule has 0 fully saturated rings. The van der Waals surface area contributed by atoms with E-state index in [0.717, 1.165) is 0 Å². The number of azo groups is 1. The Bertz CT molecular complexity index is 1360. The van der Waals surface area contributed by atoms with E-state index < -0.39 is 50.3 Å². The minimum atomic E-state index is -6.18. The summed E-state index contributed by atoms with van der Waals surface area (Å²) in [6.07, 6.45) is -15.8. The summed E-state index contributed by atoms with van der Waals surface area (Å²) in [4.78, 5) is 13.5. The van der Waals surface area contributed by atoms with Crippen molar-refractivity contribution >= 4 is 49.5 Å². The largest absolute Gasteiger partial charge is 0.501 e. The molecule has 0 spiro atoms. The number of hydrogen-bond acceptors (Lipinski definition) is 10. The summed E-state index contributed by atoms with van der Waals surface area (Å²) in [5.41, 5.74) is 0.585. The third kappa shape index (κ3) is 7.49. The third-order valence-electron chi connectivity index (χ3n) is 5.21. The molecule has 0 radical (unpaired) electrons. The molecule has 0 bridgehead atoms. The molecule has 1 aromatic carbocycles. The first-order chi connectivity index (χ1) is 17.8. The average molecular weight is 611 g/mol. The highest BCUT2D eigenvalue weighted by molar-refractivity contribution is 7.92. The summed E-state index contributed by atoms with van der Waals surface area (Å²) in [5.74, 6) is -4.34. The number of sulfonamides is 1. The maximum absolute atomic E-state index is 13.0. The minimum absolute atomic E-state index is 0.0406.